The number of amides is 1. The molecule has 2 aromatic carbocycles. The number of sulfonamides is 1. The Morgan fingerprint density at radius 1 is 1.06 bits per heavy atom. The van der Waals surface area contributed by atoms with Crippen molar-refractivity contribution >= 4 is 33.8 Å². The molecule has 1 aliphatic carbocycles. The highest BCUT2D eigenvalue weighted by molar-refractivity contribution is 7.89. The van der Waals surface area contributed by atoms with Crippen LogP contribution in [-0.4, -0.2) is 19.5 Å². The molecule has 166 valence electrons. The third kappa shape index (κ3) is 5.33. The highest BCUT2D eigenvalue weighted by Crippen LogP contribution is 2.32. The number of aryl methyl sites for hydroxylation is 2. The molecule has 0 radical (unpaired) electrons. The van der Waals surface area contributed by atoms with Crippen molar-refractivity contribution in [3.8, 4) is 0 Å². The predicted molar refractivity (Wildman–Crippen MR) is 123 cm³/mol. The minimum absolute atomic E-state index is 0.0151. The molecular formula is C24H25N3O4S. The standard InChI is InChI=1S/C24H25N3O4S/c1-16-3-5-19(6-4-16)15-25-32(29,30)21-12-7-18(8-13-21)9-14-22-23(17(2)27-31-22)26-24(28)20-10-11-20/h3-9,12-14,20,25H,10-11,15H2,1-2H3,(H,26,28). The van der Waals surface area contributed by atoms with Crippen LogP contribution in [0.2, 0.25) is 0 Å². The Labute approximate surface area is 187 Å². The molecule has 1 heterocycles. The van der Waals surface area contributed by atoms with E-state index in [1.165, 1.54) is 0 Å². The first kappa shape index (κ1) is 22.0. The van der Waals surface area contributed by atoms with Crippen LogP contribution in [0, 0.1) is 19.8 Å². The van der Waals surface area contributed by atoms with Crippen LogP contribution in [0.4, 0.5) is 5.69 Å². The van der Waals surface area contributed by atoms with Gasteiger partial charge >= 0.3 is 0 Å². The molecule has 7 nitrogen and oxygen atoms in total. The Bertz CT molecular complexity index is 1240. The second kappa shape index (κ2) is 9.10. The van der Waals surface area contributed by atoms with Gasteiger partial charge in [0, 0.05) is 12.5 Å². The minimum atomic E-state index is -3.62. The number of rotatable bonds is 8. The number of carbonyl (C=O) groups is 1. The zero-order chi connectivity index (χ0) is 22.7. The summed E-state index contributed by atoms with van der Waals surface area (Å²) in [5.41, 5.74) is 3.98. The lowest BCUT2D eigenvalue weighted by molar-refractivity contribution is -0.117. The average Bonchev–Trinajstić information content (AvgIpc) is 3.58. The minimum Gasteiger partial charge on any atom is -0.354 e. The Morgan fingerprint density at radius 2 is 1.75 bits per heavy atom. The molecule has 1 aliphatic rings. The van der Waals surface area contributed by atoms with Crippen LogP contribution in [-0.2, 0) is 21.4 Å². The molecule has 8 heteroatoms. The van der Waals surface area contributed by atoms with Crippen molar-refractivity contribution in [2.24, 2.45) is 5.92 Å². The predicted octanol–water partition coefficient (Wildman–Crippen LogP) is 4.29. The van der Waals surface area contributed by atoms with Gasteiger partial charge in [-0.3, -0.25) is 4.79 Å². The topological polar surface area (TPSA) is 101 Å². The molecule has 3 aromatic rings. The second-order valence-corrected chi connectivity index (χ2v) is 9.75. The largest absolute Gasteiger partial charge is 0.354 e. The van der Waals surface area contributed by atoms with E-state index in [2.05, 4.69) is 15.2 Å². The average molecular weight is 452 g/mol. The third-order valence-corrected chi connectivity index (χ3v) is 6.71. The van der Waals surface area contributed by atoms with Gasteiger partial charge in [-0.15, -0.1) is 0 Å². The SMILES string of the molecule is Cc1ccc(CNS(=O)(=O)c2ccc(C=Cc3onc(C)c3NC(=O)C3CC3)cc2)cc1. The van der Waals surface area contributed by atoms with Crippen molar-refractivity contribution in [3.05, 3.63) is 76.7 Å². The Kier molecular flexibility index (Phi) is 6.25. The summed E-state index contributed by atoms with van der Waals surface area (Å²) < 4.78 is 33.1. The summed E-state index contributed by atoms with van der Waals surface area (Å²) in [7, 11) is -3.62. The van der Waals surface area contributed by atoms with E-state index < -0.39 is 10.0 Å². The second-order valence-electron chi connectivity index (χ2n) is 7.98. The smallest absolute Gasteiger partial charge is 0.240 e. The lowest BCUT2D eigenvalue weighted by Gasteiger charge is -2.07. The molecule has 1 amide bonds. The van der Waals surface area contributed by atoms with E-state index in [1.807, 2.05) is 31.2 Å². The summed E-state index contributed by atoms with van der Waals surface area (Å²) in [6, 6.07) is 14.2. The number of nitrogens with one attached hydrogen (secondary N) is 2. The van der Waals surface area contributed by atoms with Gasteiger partial charge in [0.2, 0.25) is 15.9 Å². The van der Waals surface area contributed by atoms with E-state index in [9.17, 15) is 13.2 Å². The maximum Gasteiger partial charge on any atom is 0.240 e. The molecule has 0 unspecified atom stereocenters. The maximum atomic E-state index is 12.6. The summed E-state index contributed by atoms with van der Waals surface area (Å²) in [6.45, 7) is 3.98. The summed E-state index contributed by atoms with van der Waals surface area (Å²) in [4.78, 5) is 12.3. The number of carbonyl (C=O) groups excluding carboxylic acids is 1. The fourth-order valence-corrected chi connectivity index (χ4v) is 4.14. The van der Waals surface area contributed by atoms with Crippen molar-refractivity contribution in [1.29, 1.82) is 0 Å². The molecule has 0 bridgehead atoms. The molecule has 1 fully saturated rings. The van der Waals surface area contributed by atoms with Gasteiger partial charge in [-0.2, -0.15) is 0 Å². The van der Waals surface area contributed by atoms with Crippen LogP contribution in [0.1, 0.15) is 41.0 Å². The number of benzene rings is 2. The molecule has 1 saturated carbocycles. The van der Waals surface area contributed by atoms with Crippen LogP contribution in [0.5, 0.6) is 0 Å². The zero-order valence-corrected chi connectivity index (χ0v) is 18.8. The van der Waals surface area contributed by atoms with Gasteiger partial charge in [-0.05, 0) is 56.0 Å². The fraction of sp³-hybridized carbons (Fsp3) is 0.250. The summed E-state index contributed by atoms with van der Waals surface area (Å²) >= 11 is 0. The van der Waals surface area contributed by atoms with Gasteiger partial charge in [0.1, 0.15) is 11.4 Å². The van der Waals surface area contributed by atoms with E-state index in [-0.39, 0.29) is 23.3 Å². The van der Waals surface area contributed by atoms with Crippen LogP contribution >= 0.6 is 0 Å². The lowest BCUT2D eigenvalue weighted by atomic mass is 10.2. The van der Waals surface area contributed by atoms with E-state index in [0.717, 1.165) is 29.5 Å². The van der Waals surface area contributed by atoms with E-state index >= 15 is 0 Å². The molecule has 0 aliphatic heterocycles. The normalized spacial score (nSPS) is 14.1. The summed E-state index contributed by atoms with van der Waals surface area (Å²) in [5, 5.41) is 6.81. The van der Waals surface area contributed by atoms with Gasteiger partial charge in [0.25, 0.3) is 0 Å². The van der Waals surface area contributed by atoms with E-state index in [0.29, 0.717) is 17.1 Å². The number of hydrogen-bond acceptors (Lipinski definition) is 5. The first-order valence-electron chi connectivity index (χ1n) is 10.4. The van der Waals surface area contributed by atoms with Crippen molar-refractivity contribution < 1.29 is 17.7 Å². The molecule has 32 heavy (non-hydrogen) atoms. The van der Waals surface area contributed by atoms with Crippen LogP contribution in [0.3, 0.4) is 0 Å². The zero-order valence-electron chi connectivity index (χ0n) is 18.0. The van der Waals surface area contributed by atoms with Gasteiger partial charge in [-0.1, -0.05) is 53.2 Å². The van der Waals surface area contributed by atoms with Crippen LogP contribution in [0.25, 0.3) is 12.2 Å². The van der Waals surface area contributed by atoms with Crippen molar-refractivity contribution in [2.75, 3.05) is 5.32 Å². The Balaban J connectivity index is 1.42. The first-order valence-corrected chi connectivity index (χ1v) is 11.9. The van der Waals surface area contributed by atoms with Gasteiger partial charge in [0.15, 0.2) is 5.76 Å². The van der Waals surface area contributed by atoms with Crippen LogP contribution < -0.4 is 10.0 Å². The maximum absolute atomic E-state index is 12.6. The highest BCUT2D eigenvalue weighted by Gasteiger charge is 2.30. The van der Waals surface area contributed by atoms with Crippen molar-refractivity contribution in [2.45, 2.75) is 38.1 Å². The van der Waals surface area contributed by atoms with Gasteiger partial charge < -0.3 is 9.84 Å². The molecule has 0 atom stereocenters. The fourth-order valence-electron chi connectivity index (χ4n) is 3.12. The Hall–Kier alpha value is -3.23. The highest BCUT2D eigenvalue weighted by atomic mass is 32.2. The summed E-state index contributed by atoms with van der Waals surface area (Å²) in [6.07, 6.45) is 5.32. The van der Waals surface area contributed by atoms with Crippen LogP contribution in [0.15, 0.2) is 57.9 Å². The first-order chi connectivity index (χ1) is 15.3. The number of aromatic nitrogens is 1. The number of hydrogen-bond donors (Lipinski definition) is 2. The van der Waals surface area contributed by atoms with Crippen molar-refractivity contribution in [1.82, 2.24) is 9.88 Å². The molecule has 4 rings (SSSR count). The van der Waals surface area contributed by atoms with Gasteiger partial charge in [-0.25, -0.2) is 13.1 Å². The van der Waals surface area contributed by atoms with Crippen molar-refractivity contribution in [3.63, 3.8) is 0 Å². The molecule has 1 aromatic heterocycles. The molecule has 0 saturated heterocycles. The lowest BCUT2D eigenvalue weighted by Crippen LogP contribution is -2.23. The molecular weight excluding hydrogens is 426 g/mol. The van der Waals surface area contributed by atoms with E-state index in [4.69, 9.17) is 4.52 Å². The third-order valence-electron chi connectivity index (χ3n) is 5.29. The molecule has 0 spiro atoms. The quantitative estimate of drug-likeness (QED) is 0.532. The van der Waals surface area contributed by atoms with E-state index in [1.54, 1.807) is 43.3 Å². The number of anilines is 1. The van der Waals surface area contributed by atoms with Gasteiger partial charge in [0.05, 0.1) is 4.90 Å². The number of nitrogens with zero attached hydrogens (tertiary/aromatic N) is 1. The molecule has 2 N–H and O–H groups in total. The monoisotopic (exact) mass is 451 g/mol. The Morgan fingerprint density at radius 3 is 2.41 bits per heavy atom. The summed E-state index contributed by atoms with van der Waals surface area (Å²) in [5.74, 6) is 0.516.